The number of nitrogen functional groups attached to an aromatic ring is 1. The van der Waals surface area contributed by atoms with Crippen LogP contribution in [0.15, 0.2) is 22.9 Å². The average Bonchev–Trinajstić information content (AvgIpc) is 3.67. The van der Waals surface area contributed by atoms with Crippen molar-refractivity contribution in [2.24, 2.45) is 11.8 Å². The molecule has 2 aromatic rings. The smallest absolute Gasteiger partial charge is 0.138 e. The van der Waals surface area contributed by atoms with Gasteiger partial charge in [0.25, 0.3) is 0 Å². The Balaban J connectivity index is -0.000000307. The molecule has 3 rings (SSSR count). The van der Waals surface area contributed by atoms with E-state index in [-0.39, 0.29) is 11.9 Å². The minimum Gasteiger partial charge on any atom is -0.506 e. The SMILES string of the molecule is C=O.CC=O.CCCC.CCCC(CCCCC(C)O)C1CCNCC1.CCCCCCCCC.CNCCc1cscc1NC.Cc1cc(C)c(N)c(O)c1. The second kappa shape index (κ2) is 46.9. The molecule has 8 nitrogen and oxygen atoms in total. The molecule has 2 atom stereocenters. The lowest BCUT2D eigenvalue weighted by atomic mass is 9.79. The van der Waals surface area contributed by atoms with Gasteiger partial charge >= 0.3 is 0 Å². The van der Waals surface area contributed by atoms with Gasteiger partial charge in [0.15, 0.2) is 0 Å². The monoisotopic (exact) mass is 809 g/mol. The summed E-state index contributed by atoms with van der Waals surface area (Å²) in [5.41, 5.74) is 10.6. The van der Waals surface area contributed by atoms with Gasteiger partial charge in [-0.2, -0.15) is 0 Å². The number of nitrogens with one attached hydrogen (secondary N) is 3. The lowest BCUT2D eigenvalue weighted by molar-refractivity contribution is -0.106. The normalized spacial score (nSPS) is 12.6. The van der Waals surface area contributed by atoms with E-state index >= 15 is 0 Å². The molecular weight excluding hydrogens is 717 g/mol. The van der Waals surface area contributed by atoms with Gasteiger partial charge in [0.05, 0.1) is 11.8 Å². The summed E-state index contributed by atoms with van der Waals surface area (Å²) >= 11 is 1.75. The van der Waals surface area contributed by atoms with Crippen molar-refractivity contribution in [3.63, 3.8) is 0 Å². The molecule has 9 heteroatoms. The third kappa shape index (κ3) is 38.4. The number of carbonyl (C=O) groups is 2. The molecule has 0 aliphatic carbocycles. The number of aliphatic hydroxyl groups excluding tert-OH is 1. The molecule has 1 aromatic carbocycles. The van der Waals surface area contributed by atoms with Gasteiger partial charge in [-0.05, 0) is 120 Å². The molecule has 1 aromatic heterocycles. The van der Waals surface area contributed by atoms with Crippen molar-refractivity contribution in [2.75, 3.05) is 44.8 Å². The van der Waals surface area contributed by atoms with Gasteiger partial charge in [0.1, 0.15) is 18.8 Å². The molecule has 1 aliphatic rings. The van der Waals surface area contributed by atoms with Crippen LogP contribution < -0.4 is 21.7 Å². The molecule has 0 spiro atoms. The van der Waals surface area contributed by atoms with Crippen molar-refractivity contribution < 1.29 is 19.8 Å². The van der Waals surface area contributed by atoms with E-state index in [0.717, 1.165) is 48.6 Å². The minimum atomic E-state index is -0.112. The first-order chi connectivity index (χ1) is 27.0. The number of likely N-dealkylation sites (N-methyl/N-ethyl adjacent to an activating group) is 1. The summed E-state index contributed by atoms with van der Waals surface area (Å²) in [6, 6.07) is 3.59. The Kier molecular flexibility index (Phi) is 50.5. The molecule has 1 saturated heterocycles. The number of aryl methyl sites for hydroxylation is 2. The lowest BCUT2D eigenvalue weighted by Gasteiger charge is -2.30. The number of anilines is 2. The zero-order valence-electron chi connectivity index (χ0n) is 38.4. The number of benzene rings is 1. The summed E-state index contributed by atoms with van der Waals surface area (Å²) < 4.78 is 0. The Bertz CT molecular complexity index is 1050. The van der Waals surface area contributed by atoms with Crippen molar-refractivity contribution in [2.45, 2.75) is 184 Å². The van der Waals surface area contributed by atoms with Crippen molar-refractivity contribution in [1.29, 1.82) is 0 Å². The molecule has 1 fully saturated rings. The number of rotatable bonds is 19. The summed E-state index contributed by atoms with van der Waals surface area (Å²) in [5.74, 6) is 2.08. The number of aromatic hydroxyl groups is 1. The Labute approximate surface area is 351 Å². The standard InChI is InChI=1S/C15H31NO.C9H20.C8H14N2S.C8H11NO.C4H10.C2H4O.CH2O/c1-3-6-14(8-5-4-7-13(2)17)15-9-11-16-12-10-15;1-3-5-7-9-8-6-4-2;1-9-4-3-7-5-11-6-8(7)10-2;1-5-3-6(2)8(9)7(10)4-5;1-3-4-2;1-2-3;1-2/h13-17H,3-12H2,1-2H3;3-9H2,1-2H3;5-6,9-10H,3-4H2,1-2H3;3-4,10H,9H2,1-2H3;3-4H2,1-2H3;2H,1H3;1H2. The Hall–Kier alpha value is -2.46. The van der Waals surface area contributed by atoms with Gasteiger partial charge < -0.3 is 41.5 Å². The van der Waals surface area contributed by atoms with Crippen molar-refractivity contribution in [1.82, 2.24) is 10.6 Å². The number of phenolic OH excluding ortho intramolecular Hbond substituents is 1. The van der Waals surface area contributed by atoms with E-state index in [1.54, 1.807) is 17.4 Å². The number of aliphatic hydroxyl groups is 1. The highest BCUT2D eigenvalue weighted by molar-refractivity contribution is 7.08. The van der Waals surface area contributed by atoms with Gasteiger partial charge in [-0.25, -0.2) is 0 Å². The molecule has 56 heavy (non-hydrogen) atoms. The van der Waals surface area contributed by atoms with Crippen LogP contribution in [0.3, 0.4) is 0 Å². The van der Waals surface area contributed by atoms with Crippen LogP contribution in [0, 0.1) is 25.7 Å². The third-order valence-electron chi connectivity index (χ3n) is 9.53. The third-order valence-corrected chi connectivity index (χ3v) is 10.3. The Morgan fingerprint density at radius 3 is 1.84 bits per heavy atom. The maximum Gasteiger partial charge on any atom is 0.138 e. The number of unbranched alkanes of at least 4 members (excludes halogenated alkanes) is 8. The second-order valence-corrected chi connectivity index (χ2v) is 15.4. The lowest BCUT2D eigenvalue weighted by Crippen LogP contribution is -2.31. The Morgan fingerprint density at radius 1 is 0.857 bits per heavy atom. The van der Waals surface area contributed by atoms with Crippen molar-refractivity contribution in [3.8, 4) is 5.75 Å². The fourth-order valence-electron chi connectivity index (χ4n) is 6.13. The number of hydrogen-bond acceptors (Lipinski definition) is 9. The van der Waals surface area contributed by atoms with Crippen LogP contribution >= 0.6 is 11.3 Å². The van der Waals surface area contributed by atoms with Crippen LogP contribution in [0.4, 0.5) is 11.4 Å². The summed E-state index contributed by atoms with van der Waals surface area (Å²) in [6.45, 7) is 23.8. The largest absolute Gasteiger partial charge is 0.506 e. The number of nitrogens with two attached hydrogens (primary N) is 1. The molecular formula is C47H92N4O4S. The van der Waals surface area contributed by atoms with E-state index in [1.807, 2.05) is 47.7 Å². The van der Waals surface area contributed by atoms with Gasteiger partial charge in [-0.15, -0.1) is 11.3 Å². The minimum absolute atomic E-state index is 0.112. The highest BCUT2D eigenvalue weighted by Gasteiger charge is 2.22. The molecule has 0 saturated carbocycles. The van der Waals surface area contributed by atoms with Crippen LogP contribution in [-0.4, -0.2) is 63.1 Å². The fraction of sp³-hybridized carbons (Fsp3) is 0.745. The van der Waals surface area contributed by atoms with E-state index in [2.05, 4.69) is 61.3 Å². The Morgan fingerprint density at radius 2 is 1.39 bits per heavy atom. The molecule has 0 bridgehead atoms. The molecule has 0 amide bonds. The van der Waals surface area contributed by atoms with E-state index in [1.165, 1.54) is 134 Å². The zero-order valence-corrected chi connectivity index (χ0v) is 39.2. The molecule has 2 unspecified atom stereocenters. The second-order valence-electron chi connectivity index (χ2n) is 14.7. The first-order valence-electron chi connectivity index (χ1n) is 22.0. The number of aldehydes is 1. The van der Waals surface area contributed by atoms with E-state index in [4.69, 9.17) is 20.4 Å². The molecule has 0 radical (unpaired) electrons. The summed E-state index contributed by atoms with van der Waals surface area (Å²) in [7, 11) is 3.94. The van der Waals surface area contributed by atoms with Crippen molar-refractivity contribution in [3.05, 3.63) is 39.6 Å². The average molecular weight is 809 g/mol. The predicted molar refractivity (Wildman–Crippen MR) is 251 cm³/mol. The van der Waals surface area contributed by atoms with E-state index in [0.29, 0.717) is 5.69 Å². The molecule has 330 valence electrons. The highest BCUT2D eigenvalue weighted by atomic mass is 32.1. The number of phenols is 1. The van der Waals surface area contributed by atoms with Crippen LogP contribution in [0.5, 0.6) is 5.75 Å². The summed E-state index contributed by atoms with van der Waals surface area (Å²) in [4.78, 5) is 16.8. The molecule has 7 N–H and O–H groups in total. The van der Waals surface area contributed by atoms with Gasteiger partial charge in [0, 0.05) is 18.1 Å². The van der Waals surface area contributed by atoms with Crippen LogP contribution in [0.1, 0.15) is 174 Å². The quantitative estimate of drug-likeness (QED) is 0.0357. The van der Waals surface area contributed by atoms with Crippen LogP contribution in [-0.2, 0) is 16.0 Å². The zero-order chi connectivity index (χ0) is 43.4. The first kappa shape index (κ1) is 60.2. The maximum absolute atomic E-state index is 9.26. The molecule has 2 heterocycles. The van der Waals surface area contributed by atoms with Gasteiger partial charge in [-0.1, -0.05) is 131 Å². The van der Waals surface area contributed by atoms with E-state index in [9.17, 15) is 5.11 Å². The number of thiophene rings is 1. The van der Waals surface area contributed by atoms with Gasteiger partial charge in [-0.3, -0.25) is 0 Å². The molecule has 1 aliphatic heterocycles. The van der Waals surface area contributed by atoms with Gasteiger partial charge in [0.2, 0.25) is 0 Å². The maximum atomic E-state index is 9.26. The highest BCUT2D eigenvalue weighted by Crippen LogP contribution is 2.30. The van der Waals surface area contributed by atoms with Crippen LogP contribution in [0.25, 0.3) is 0 Å². The topological polar surface area (TPSA) is 137 Å². The first-order valence-corrected chi connectivity index (χ1v) is 22.9. The van der Waals surface area contributed by atoms with Crippen LogP contribution in [0.2, 0.25) is 0 Å². The number of carbonyl (C=O) groups excluding carboxylic acids is 2. The van der Waals surface area contributed by atoms with E-state index < -0.39 is 0 Å². The number of hydrogen-bond donors (Lipinski definition) is 6. The summed E-state index contributed by atoms with van der Waals surface area (Å²) in [6.07, 6.45) is 24.7. The number of piperidine rings is 1. The fourth-order valence-corrected chi connectivity index (χ4v) is 7.01. The summed E-state index contributed by atoms with van der Waals surface area (Å²) in [5, 5.41) is 32.5. The van der Waals surface area contributed by atoms with Crippen molar-refractivity contribution >= 4 is 35.8 Å². The predicted octanol–water partition coefficient (Wildman–Crippen LogP) is 12.1.